The lowest BCUT2D eigenvalue weighted by Crippen LogP contribution is -2.49. The second-order valence-corrected chi connectivity index (χ2v) is 8.41. The molecule has 4 aromatic rings. The first kappa shape index (κ1) is 21.6. The van der Waals surface area contributed by atoms with E-state index in [9.17, 15) is 14.0 Å². The first-order valence-corrected chi connectivity index (χ1v) is 11.1. The molecule has 1 saturated heterocycles. The summed E-state index contributed by atoms with van der Waals surface area (Å²) in [6.07, 6.45) is 0.364. The van der Waals surface area contributed by atoms with Crippen LogP contribution in [0.15, 0.2) is 71.5 Å². The Hall–Kier alpha value is -4.20. The number of hydrogen-bond acceptors (Lipinski definition) is 5. The van der Waals surface area contributed by atoms with Gasteiger partial charge in [-0.05, 0) is 48.0 Å². The monoisotopic (exact) mass is 457 g/mol. The van der Waals surface area contributed by atoms with Crippen LogP contribution in [0.5, 0.6) is 0 Å². The third kappa shape index (κ3) is 4.22. The van der Waals surface area contributed by atoms with Gasteiger partial charge in [0.25, 0.3) is 11.5 Å². The molecule has 0 unspecified atom stereocenters. The Bertz CT molecular complexity index is 1410. The molecule has 1 aliphatic heterocycles. The second-order valence-electron chi connectivity index (χ2n) is 8.41. The summed E-state index contributed by atoms with van der Waals surface area (Å²) in [5, 5.41) is 7.99. The quantitative estimate of drug-likeness (QED) is 0.459. The number of rotatable bonds is 4. The van der Waals surface area contributed by atoms with E-state index in [-0.39, 0.29) is 17.0 Å². The minimum Gasteiger partial charge on any atom is -0.399 e. The number of fused-ring (bicyclic) bond motifs is 1. The average molecular weight is 458 g/mol. The molecule has 8 heteroatoms. The van der Waals surface area contributed by atoms with Crippen LogP contribution in [0.25, 0.3) is 10.8 Å². The number of hydrogen-bond donors (Lipinski definition) is 2. The average Bonchev–Trinajstić information content (AvgIpc) is 2.87. The predicted octanol–water partition coefficient (Wildman–Crippen LogP) is 3.20. The zero-order valence-electron chi connectivity index (χ0n) is 18.5. The van der Waals surface area contributed by atoms with E-state index < -0.39 is 5.82 Å². The highest BCUT2D eigenvalue weighted by Crippen LogP contribution is 2.22. The number of nitrogens with one attached hydrogen (secondary N) is 1. The normalized spacial score (nSPS) is 13.9. The molecule has 5 rings (SSSR count). The topological polar surface area (TPSA) is 95.3 Å². The van der Waals surface area contributed by atoms with Crippen LogP contribution < -0.4 is 16.2 Å². The third-order valence-corrected chi connectivity index (χ3v) is 6.23. The van der Waals surface area contributed by atoms with E-state index in [4.69, 9.17) is 5.73 Å². The van der Waals surface area contributed by atoms with Gasteiger partial charge in [0.2, 0.25) is 0 Å². The third-order valence-electron chi connectivity index (χ3n) is 6.23. The Morgan fingerprint density at radius 1 is 0.971 bits per heavy atom. The highest BCUT2D eigenvalue weighted by atomic mass is 19.1. The van der Waals surface area contributed by atoms with Crippen LogP contribution in [-0.4, -0.2) is 47.2 Å². The maximum Gasteiger partial charge on any atom is 0.272 e. The Morgan fingerprint density at radius 3 is 2.41 bits per heavy atom. The molecule has 0 saturated carbocycles. The van der Waals surface area contributed by atoms with Crippen LogP contribution in [0, 0.1) is 5.82 Å². The van der Waals surface area contributed by atoms with Crippen molar-refractivity contribution in [3.63, 3.8) is 0 Å². The van der Waals surface area contributed by atoms with Crippen molar-refractivity contribution in [2.45, 2.75) is 6.42 Å². The van der Waals surface area contributed by atoms with Gasteiger partial charge in [0.05, 0.1) is 16.6 Å². The maximum atomic E-state index is 14.7. The summed E-state index contributed by atoms with van der Waals surface area (Å²) in [5.74, 6) is -0.871. The molecule has 1 fully saturated rings. The number of H-pyrrole nitrogens is 1. The van der Waals surface area contributed by atoms with Crippen molar-refractivity contribution < 1.29 is 9.18 Å². The van der Waals surface area contributed by atoms with Gasteiger partial charge in [0, 0.05) is 49.4 Å². The SMILES string of the molecule is Nc1ccc(N2CCN(C(=O)c3cc(Cc4n[nH]c(=O)c5ccccc45)ccc3F)CC2)cc1. The molecule has 7 nitrogen and oxygen atoms in total. The van der Waals surface area contributed by atoms with Gasteiger partial charge in [0.15, 0.2) is 0 Å². The zero-order chi connectivity index (χ0) is 23.7. The number of piperazine rings is 1. The summed E-state index contributed by atoms with van der Waals surface area (Å²) in [5.41, 5.74) is 8.72. The molecular formula is C26H24FN5O2. The highest BCUT2D eigenvalue weighted by molar-refractivity contribution is 5.95. The van der Waals surface area contributed by atoms with E-state index in [1.54, 1.807) is 29.2 Å². The lowest BCUT2D eigenvalue weighted by Gasteiger charge is -2.36. The molecule has 0 atom stereocenters. The molecule has 34 heavy (non-hydrogen) atoms. The molecule has 3 N–H and O–H groups in total. The van der Waals surface area contributed by atoms with Crippen molar-refractivity contribution in [2.24, 2.45) is 0 Å². The van der Waals surface area contributed by atoms with E-state index in [1.807, 2.05) is 36.4 Å². The van der Waals surface area contributed by atoms with Crippen molar-refractivity contribution in [3.05, 3.63) is 99.7 Å². The van der Waals surface area contributed by atoms with Gasteiger partial charge in [-0.25, -0.2) is 9.49 Å². The second kappa shape index (κ2) is 8.97. The number of carbonyl (C=O) groups is 1. The van der Waals surface area contributed by atoms with Crippen molar-refractivity contribution in [2.75, 3.05) is 36.8 Å². The summed E-state index contributed by atoms with van der Waals surface area (Å²) in [6.45, 7) is 2.31. The number of nitrogens with two attached hydrogens (primary N) is 1. The first-order chi connectivity index (χ1) is 16.5. The fraction of sp³-hybridized carbons (Fsp3) is 0.192. The lowest BCUT2D eigenvalue weighted by atomic mass is 10.0. The summed E-state index contributed by atoms with van der Waals surface area (Å²) in [7, 11) is 0. The number of nitrogen functional groups attached to an aromatic ring is 1. The molecular weight excluding hydrogens is 433 g/mol. The summed E-state index contributed by atoms with van der Waals surface area (Å²) >= 11 is 0. The van der Waals surface area contributed by atoms with Crippen molar-refractivity contribution in [1.82, 2.24) is 15.1 Å². The van der Waals surface area contributed by atoms with Gasteiger partial charge in [-0.15, -0.1) is 0 Å². The number of benzene rings is 3. The number of aromatic amines is 1. The summed E-state index contributed by atoms with van der Waals surface area (Å²) in [4.78, 5) is 29.1. The molecule has 0 spiro atoms. The van der Waals surface area contributed by atoms with Gasteiger partial charge in [-0.3, -0.25) is 9.59 Å². The Morgan fingerprint density at radius 2 is 1.68 bits per heavy atom. The predicted molar refractivity (Wildman–Crippen MR) is 131 cm³/mol. The first-order valence-electron chi connectivity index (χ1n) is 11.1. The highest BCUT2D eigenvalue weighted by Gasteiger charge is 2.24. The van der Waals surface area contributed by atoms with Crippen LogP contribution in [0.3, 0.4) is 0 Å². The number of halogens is 1. The smallest absolute Gasteiger partial charge is 0.272 e. The fourth-order valence-corrected chi connectivity index (χ4v) is 4.37. The van der Waals surface area contributed by atoms with Gasteiger partial charge in [0.1, 0.15) is 5.82 Å². The number of carbonyl (C=O) groups excluding carboxylic acids is 1. The minimum atomic E-state index is -0.547. The van der Waals surface area contributed by atoms with Gasteiger partial charge in [-0.2, -0.15) is 5.10 Å². The van der Waals surface area contributed by atoms with E-state index in [2.05, 4.69) is 15.1 Å². The van der Waals surface area contributed by atoms with Crippen LogP contribution in [0.4, 0.5) is 15.8 Å². The summed E-state index contributed by atoms with van der Waals surface area (Å²) < 4.78 is 14.7. The Kier molecular flexibility index (Phi) is 5.71. The number of nitrogens with zero attached hydrogens (tertiary/aromatic N) is 3. The van der Waals surface area contributed by atoms with E-state index in [0.29, 0.717) is 49.4 Å². The van der Waals surface area contributed by atoms with Crippen molar-refractivity contribution in [1.29, 1.82) is 0 Å². The summed E-state index contributed by atoms with van der Waals surface area (Å²) in [6, 6.07) is 19.4. The number of aromatic nitrogens is 2. The van der Waals surface area contributed by atoms with Crippen molar-refractivity contribution >= 4 is 28.1 Å². The largest absolute Gasteiger partial charge is 0.399 e. The van der Waals surface area contributed by atoms with Crippen LogP contribution in [0.2, 0.25) is 0 Å². The number of anilines is 2. The molecule has 0 aliphatic carbocycles. The van der Waals surface area contributed by atoms with E-state index >= 15 is 0 Å². The molecule has 3 aromatic carbocycles. The molecule has 2 heterocycles. The van der Waals surface area contributed by atoms with Crippen LogP contribution in [0.1, 0.15) is 21.6 Å². The molecule has 0 bridgehead atoms. The van der Waals surface area contributed by atoms with Crippen LogP contribution in [-0.2, 0) is 6.42 Å². The van der Waals surface area contributed by atoms with Gasteiger partial charge >= 0.3 is 0 Å². The Labute approximate surface area is 195 Å². The Balaban J connectivity index is 1.33. The van der Waals surface area contributed by atoms with E-state index in [1.165, 1.54) is 6.07 Å². The lowest BCUT2D eigenvalue weighted by molar-refractivity contribution is 0.0742. The molecule has 172 valence electrons. The standard InChI is InChI=1S/C26H24FN5O2/c27-23-10-5-17(16-24-20-3-1-2-4-21(20)25(33)30-29-24)15-22(23)26(34)32-13-11-31(12-14-32)19-8-6-18(28)7-9-19/h1-10,15H,11-14,16,28H2,(H,30,33). The molecule has 1 amide bonds. The minimum absolute atomic E-state index is 0.0483. The van der Waals surface area contributed by atoms with Gasteiger partial charge in [-0.1, -0.05) is 24.3 Å². The maximum absolute atomic E-state index is 14.7. The van der Waals surface area contributed by atoms with Crippen molar-refractivity contribution in [3.8, 4) is 0 Å². The molecule has 0 radical (unpaired) electrons. The van der Waals surface area contributed by atoms with Crippen LogP contribution >= 0.6 is 0 Å². The zero-order valence-corrected chi connectivity index (χ0v) is 18.5. The van der Waals surface area contributed by atoms with Gasteiger partial charge < -0.3 is 15.5 Å². The van der Waals surface area contributed by atoms with E-state index in [0.717, 1.165) is 16.6 Å². The fourth-order valence-electron chi connectivity index (χ4n) is 4.37. The molecule has 1 aromatic heterocycles. The number of amides is 1. The molecule has 1 aliphatic rings.